The molecule has 1 rings (SSSR count). The summed E-state index contributed by atoms with van der Waals surface area (Å²) < 4.78 is 5.31. The third kappa shape index (κ3) is 1.98. The highest BCUT2D eigenvalue weighted by atomic mass is 16.6. The maximum Gasteiger partial charge on any atom is 0.330 e. The Morgan fingerprint density at radius 1 is 1.50 bits per heavy atom. The van der Waals surface area contributed by atoms with E-state index < -0.39 is 17.2 Å². The average molecular weight is 198 g/mol. The van der Waals surface area contributed by atoms with Gasteiger partial charge >= 0.3 is 5.97 Å². The van der Waals surface area contributed by atoms with Crippen molar-refractivity contribution in [2.45, 2.75) is 50.7 Å². The number of esters is 1. The van der Waals surface area contributed by atoms with Gasteiger partial charge in [0.2, 0.25) is 0 Å². The van der Waals surface area contributed by atoms with Gasteiger partial charge in [0.05, 0.1) is 5.60 Å². The van der Waals surface area contributed by atoms with Crippen molar-refractivity contribution in [1.82, 2.24) is 0 Å². The molecule has 1 N–H and O–H groups in total. The Bertz CT molecular complexity index is 231. The van der Waals surface area contributed by atoms with Gasteiger partial charge in [-0.1, -0.05) is 6.58 Å². The lowest BCUT2D eigenvalue weighted by molar-refractivity contribution is -0.182. The molecular formula is C11H18O3. The predicted octanol–water partition coefficient (Wildman–Crippen LogP) is 1.80. The van der Waals surface area contributed by atoms with E-state index in [1.165, 1.54) is 0 Å². The number of ether oxygens (including phenoxy) is 1. The van der Waals surface area contributed by atoms with Crippen LogP contribution in [0.25, 0.3) is 0 Å². The van der Waals surface area contributed by atoms with Crippen LogP contribution in [0.4, 0.5) is 0 Å². The second kappa shape index (κ2) is 3.73. The van der Waals surface area contributed by atoms with Gasteiger partial charge in [0, 0.05) is 6.08 Å². The predicted molar refractivity (Wildman–Crippen MR) is 53.8 cm³/mol. The van der Waals surface area contributed by atoms with Crippen molar-refractivity contribution in [3.8, 4) is 0 Å². The normalized spacial score (nSPS) is 20.5. The van der Waals surface area contributed by atoms with Crippen molar-refractivity contribution in [1.29, 1.82) is 0 Å². The molecule has 1 saturated carbocycles. The summed E-state index contributed by atoms with van der Waals surface area (Å²) in [5.41, 5.74) is -1.69. The molecular weight excluding hydrogens is 180 g/mol. The topological polar surface area (TPSA) is 46.5 Å². The molecule has 3 heteroatoms. The van der Waals surface area contributed by atoms with E-state index in [-0.39, 0.29) is 0 Å². The summed E-state index contributed by atoms with van der Waals surface area (Å²) in [5, 5.41) is 10.0. The fourth-order valence-corrected chi connectivity index (χ4v) is 2.02. The van der Waals surface area contributed by atoms with Gasteiger partial charge in [-0.15, -0.1) is 0 Å². The second-order valence-electron chi connectivity index (χ2n) is 4.39. The first-order valence-electron chi connectivity index (χ1n) is 4.99. The summed E-state index contributed by atoms with van der Waals surface area (Å²) in [6, 6.07) is 0. The Kier molecular flexibility index (Phi) is 3.00. The number of aliphatic hydroxyl groups is 1. The molecule has 1 fully saturated rings. The zero-order valence-electron chi connectivity index (χ0n) is 8.88. The van der Waals surface area contributed by atoms with Crippen LogP contribution in [0, 0.1) is 0 Å². The van der Waals surface area contributed by atoms with Crippen LogP contribution in [0.5, 0.6) is 0 Å². The summed E-state index contributed by atoms with van der Waals surface area (Å²) >= 11 is 0. The van der Waals surface area contributed by atoms with Crippen LogP contribution >= 0.6 is 0 Å². The SMILES string of the molecule is C=CC(=O)OC1(C(C)(C)O)CCCC1. The van der Waals surface area contributed by atoms with Crippen molar-refractivity contribution < 1.29 is 14.6 Å². The van der Waals surface area contributed by atoms with Crippen LogP contribution < -0.4 is 0 Å². The average Bonchev–Trinajstić information content (AvgIpc) is 2.52. The number of carbonyl (C=O) groups is 1. The van der Waals surface area contributed by atoms with Gasteiger partial charge in [-0.25, -0.2) is 4.79 Å². The fourth-order valence-electron chi connectivity index (χ4n) is 2.02. The van der Waals surface area contributed by atoms with Crippen molar-refractivity contribution >= 4 is 5.97 Å². The maximum atomic E-state index is 11.2. The van der Waals surface area contributed by atoms with E-state index in [2.05, 4.69) is 6.58 Å². The van der Waals surface area contributed by atoms with E-state index in [1.807, 2.05) is 0 Å². The zero-order chi connectivity index (χ0) is 10.8. The van der Waals surface area contributed by atoms with Crippen LogP contribution in [0.15, 0.2) is 12.7 Å². The molecule has 0 saturated heterocycles. The largest absolute Gasteiger partial charge is 0.453 e. The van der Waals surface area contributed by atoms with E-state index in [9.17, 15) is 9.90 Å². The number of hydrogen-bond donors (Lipinski definition) is 1. The fraction of sp³-hybridized carbons (Fsp3) is 0.727. The first-order chi connectivity index (χ1) is 6.41. The van der Waals surface area contributed by atoms with Crippen LogP contribution in [0.1, 0.15) is 39.5 Å². The van der Waals surface area contributed by atoms with Crippen molar-refractivity contribution in [2.75, 3.05) is 0 Å². The van der Waals surface area contributed by atoms with E-state index >= 15 is 0 Å². The van der Waals surface area contributed by atoms with Crippen molar-refractivity contribution in [3.05, 3.63) is 12.7 Å². The van der Waals surface area contributed by atoms with Gasteiger partial charge in [0.1, 0.15) is 5.60 Å². The highest BCUT2D eigenvalue weighted by Gasteiger charge is 2.49. The quantitative estimate of drug-likeness (QED) is 0.555. The summed E-state index contributed by atoms with van der Waals surface area (Å²) in [6.07, 6.45) is 4.60. The van der Waals surface area contributed by atoms with Crippen LogP contribution in [0.2, 0.25) is 0 Å². The Labute approximate surface area is 84.8 Å². The van der Waals surface area contributed by atoms with E-state index in [1.54, 1.807) is 13.8 Å². The molecule has 3 nitrogen and oxygen atoms in total. The van der Waals surface area contributed by atoms with Crippen LogP contribution in [-0.2, 0) is 9.53 Å². The highest BCUT2D eigenvalue weighted by molar-refractivity contribution is 5.81. The molecule has 1 aliphatic rings. The first kappa shape index (κ1) is 11.2. The van der Waals surface area contributed by atoms with E-state index in [0.717, 1.165) is 31.8 Å². The lowest BCUT2D eigenvalue weighted by atomic mass is 9.84. The summed E-state index contributed by atoms with van der Waals surface area (Å²) in [5.74, 6) is -0.450. The third-order valence-electron chi connectivity index (χ3n) is 2.99. The summed E-state index contributed by atoms with van der Waals surface area (Å²) in [4.78, 5) is 11.2. The van der Waals surface area contributed by atoms with Crippen molar-refractivity contribution in [2.24, 2.45) is 0 Å². The molecule has 0 aromatic heterocycles. The molecule has 0 radical (unpaired) electrons. The third-order valence-corrected chi connectivity index (χ3v) is 2.99. The van der Waals surface area contributed by atoms with Crippen molar-refractivity contribution in [3.63, 3.8) is 0 Å². The number of rotatable bonds is 3. The number of hydrogen-bond acceptors (Lipinski definition) is 3. The first-order valence-corrected chi connectivity index (χ1v) is 4.99. The lowest BCUT2D eigenvalue weighted by Gasteiger charge is -2.39. The molecule has 14 heavy (non-hydrogen) atoms. The summed E-state index contributed by atoms with van der Waals surface area (Å²) in [7, 11) is 0. The molecule has 0 atom stereocenters. The second-order valence-corrected chi connectivity index (χ2v) is 4.39. The van der Waals surface area contributed by atoms with Gasteiger partial charge in [-0.3, -0.25) is 0 Å². The lowest BCUT2D eigenvalue weighted by Crippen LogP contribution is -2.51. The smallest absolute Gasteiger partial charge is 0.330 e. The molecule has 0 spiro atoms. The minimum atomic E-state index is -0.984. The van der Waals surface area contributed by atoms with Crippen LogP contribution in [0.3, 0.4) is 0 Å². The molecule has 0 aromatic rings. The summed E-state index contributed by atoms with van der Waals surface area (Å²) in [6.45, 7) is 6.74. The Morgan fingerprint density at radius 2 is 2.00 bits per heavy atom. The minimum Gasteiger partial charge on any atom is -0.453 e. The molecule has 0 unspecified atom stereocenters. The molecule has 0 heterocycles. The molecule has 80 valence electrons. The molecule has 0 bridgehead atoms. The zero-order valence-corrected chi connectivity index (χ0v) is 8.88. The monoisotopic (exact) mass is 198 g/mol. The molecule has 0 aliphatic heterocycles. The minimum absolute atomic E-state index is 0.450. The Balaban J connectivity index is 2.82. The molecule has 0 amide bonds. The highest BCUT2D eigenvalue weighted by Crippen LogP contribution is 2.41. The number of carbonyl (C=O) groups excluding carboxylic acids is 1. The Hall–Kier alpha value is -0.830. The van der Waals surface area contributed by atoms with Gasteiger partial charge < -0.3 is 9.84 Å². The van der Waals surface area contributed by atoms with Gasteiger partial charge in [-0.05, 0) is 39.5 Å². The standard InChI is InChI=1S/C11H18O3/c1-4-9(12)14-11(10(2,3)13)7-5-6-8-11/h4,13H,1,5-8H2,2-3H3. The van der Waals surface area contributed by atoms with Crippen LogP contribution in [-0.4, -0.2) is 22.3 Å². The molecule has 0 aromatic carbocycles. The Morgan fingerprint density at radius 3 is 2.36 bits per heavy atom. The van der Waals surface area contributed by atoms with E-state index in [4.69, 9.17) is 4.74 Å². The maximum absolute atomic E-state index is 11.2. The van der Waals surface area contributed by atoms with Gasteiger partial charge in [0.15, 0.2) is 0 Å². The van der Waals surface area contributed by atoms with Gasteiger partial charge in [0.25, 0.3) is 0 Å². The van der Waals surface area contributed by atoms with E-state index in [0.29, 0.717) is 0 Å². The van der Waals surface area contributed by atoms with Gasteiger partial charge in [-0.2, -0.15) is 0 Å². The molecule has 1 aliphatic carbocycles.